The number of unbranched alkanes of at least 4 members (excludes halogenated alkanes) is 1. The van der Waals surface area contributed by atoms with Gasteiger partial charge >= 0.3 is 0 Å². The summed E-state index contributed by atoms with van der Waals surface area (Å²) in [7, 11) is 0. The minimum Gasteiger partial charge on any atom is -0.398 e. The zero-order valence-electron chi connectivity index (χ0n) is 13.0. The van der Waals surface area contributed by atoms with Crippen LogP contribution in [0.4, 0.5) is 5.69 Å². The smallest absolute Gasteiger partial charge is 0.253 e. The largest absolute Gasteiger partial charge is 0.398 e. The summed E-state index contributed by atoms with van der Waals surface area (Å²) in [5.41, 5.74) is 6.97. The second kappa shape index (κ2) is 8.03. The molecule has 3 N–H and O–H groups in total. The summed E-state index contributed by atoms with van der Waals surface area (Å²) in [6, 6.07) is 7.71. The van der Waals surface area contributed by atoms with E-state index in [0.717, 1.165) is 19.6 Å². The molecule has 2 rings (SSSR count). The molecule has 1 aromatic carbocycles. The van der Waals surface area contributed by atoms with Gasteiger partial charge in [0.25, 0.3) is 5.91 Å². The topological polar surface area (TPSA) is 58.4 Å². The molecule has 0 aromatic heterocycles. The second-order valence-corrected chi connectivity index (χ2v) is 5.84. The number of para-hydroxylation sites is 1. The number of hydrogen-bond donors (Lipinski definition) is 2. The predicted octanol–water partition coefficient (Wildman–Crippen LogP) is 2.65. The molecule has 1 saturated heterocycles. The Morgan fingerprint density at radius 1 is 1.38 bits per heavy atom. The number of amides is 1. The average Bonchev–Trinajstić information content (AvgIpc) is 2.52. The van der Waals surface area contributed by atoms with Crippen molar-refractivity contribution in [1.29, 1.82) is 0 Å². The third kappa shape index (κ3) is 4.46. The standard InChI is InChI=1S/C17H27N3O/c1-2-3-11-20-12-7-6-8-14(20)13-19-17(21)15-9-4-5-10-16(15)18/h4-5,9-10,14H,2-3,6-8,11-13,18H2,1H3,(H,19,21). The summed E-state index contributed by atoms with van der Waals surface area (Å²) in [6.07, 6.45) is 6.16. The van der Waals surface area contributed by atoms with Crippen LogP contribution in [-0.2, 0) is 0 Å². The number of piperidine rings is 1. The van der Waals surface area contributed by atoms with E-state index in [-0.39, 0.29) is 5.91 Å². The molecule has 4 heteroatoms. The fourth-order valence-electron chi connectivity index (χ4n) is 2.96. The van der Waals surface area contributed by atoms with Crippen LogP contribution < -0.4 is 11.1 Å². The summed E-state index contributed by atoms with van der Waals surface area (Å²) in [4.78, 5) is 14.7. The van der Waals surface area contributed by atoms with E-state index in [2.05, 4.69) is 17.1 Å². The number of carbonyl (C=O) groups excluding carboxylic acids is 1. The Labute approximate surface area is 127 Å². The maximum atomic E-state index is 12.2. The van der Waals surface area contributed by atoms with Gasteiger partial charge in [-0.15, -0.1) is 0 Å². The zero-order chi connectivity index (χ0) is 15.1. The van der Waals surface area contributed by atoms with Crippen LogP contribution in [0.1, 0.15) is 49.4 Å². The van der Waals surface area contributed by atoms with E-state index in [4.69, 9.17) is 5.73 Å². The van der Waals surface area contributed by atoms with Crippen LogP contribution in [0.5, 0.6) is 0 Å². The van der Waals surface area contributed by atoms with Crippen molar-refractivity contribution in [3.05, 3.63) is 29.8 Å². The minimum absolute atomic E-state index is 0.0610. The summed E-state index contributed by atoms with van der Waals surface area (Å²) in [5, 5.41) is 3.06. The number of hydrogen-bond acceptors (Lipinski definition) is 3. The van der Waals surface area contributed by atoms with Crippen molar-refractivity contribution < 1.29 is 4.79 Å². The van der Waals surface area contributed by atoms with Crippen molar-refractivity contribution in [1.82, 2.24) is 10.2 Å². The average molecular weight is 289 g/mol. The van der Waals surface area contributed by atoms with Crippen molar-refractivity contribution >= 4 is 11.6 Å². The number of anilines is 1. The minimum atomic E-state index is -0.0610. The highest BCUT2D eigenvalue weighted by Crippen LogP contribution is 2.17. The molecule has 1 amide bonds. The molecule has 1 aliphatic heterocycles. The summed E-state index contributed by atoms with van der Waals surface area (Å²) in [6.45, 7) is 5.24. The Balaban J connectivity index is 1.88. The zero-order valence-corrected chi connectivity index (χ0v) is 13.0. The molecule has 0 saturated carbocycles. The number of nitrogen functional groups attached to an aromatic ring is 1. The van der Waals surface area contributed by atoms with Crippen molar-refractivity contribution in [3.63, 3.8) is 0 Å². The number of nitrogens with zero attached hydrogens (tertiary/aromatic N) is 1. The first kappa shape index (κ1) is 15.8. The lowest BCUT2D eigenvalue weighted by Crippen LogP contribution is -2.47. The van der Waals surface area contributed by atoms with Crippen molar-refractivity contribution in [2.24, 2.45) is 0 Å². The van der Waals surface area contributed by atoms with Gasteiger partial charge < -0.3 is 11.1 Å². The number of rotatable bonds is 6. The van der Waals surface area contributed by atoms with Gasteiger partial charge in [0.1, 0.15) is 0 Å². The number of nitrogens with two attached hydrogens (primary N) is 1. The van der Waals surface area contributed by atoms with E-state index in [9.17, 15) is 4.79 Å². The summed E-state index contributed by atoms with van der Waals surface area (Å²) >= 11 is 0. The van der Waals surface area contributed by atoms with Crippen LogP contribution in [0.2, 0.25) is 0 Å². The van der Waals surface area contributed by atoms with Crippen LogP contribution in [-0.4, -0.2) is 36.5 Å². The van der Waals surface area contributed by atoms with E-state index in [1.807, 2.05) is 12.1 Å². The molecule has 1 aliphatic rings. The van der Waals surface area contributed by atoms with Crippen molar-refractivity contribution in [2.45, 2.75) is 45.1 Å². The quantitative estimate of drug-likeness (QED) is 0.792. The Kier molecular flexibility index (Phi) is 6.05. The summed E-state index contributed by atoms with van der Waals surface area (Å²) in [5.74, 6) is -0.0610. The van der Waals surface area contributed by atoms with Gasteiger partial charge in [-0.2, -0.15) is 0 Å². The van der Waals surface area contributed by atoms with E-state index in [1.54, 1.807) is 12.1 Å². The first-order chi connectivity index (χ1) is 10.2. The molecule has 1 unspecified atom stereocenters. The molecule has 1 atom stereocenters. The SMILES string of the molecule is CCCCN1CCCCC1CNC(=O)c1ccccc1N. The fraction of sp³-hybridized carbons (Fsp3) is 0.588. The van der Waals surface area contributed by atoms with Gasteiger partial charge in [-0.05, 0) is 44.5 Å². The van der Waals surface area contributed by atoms with Crippen LogP contribution in [0.25, 0.3) is 0 Å². The summed E-state index contributed by atoms with van der Waals surface area (Å²) < 4.78 is 0. The first-order valence-corrected chi connectivity index (χ1v) is 8.09. The lowest BCUT2D eigenvalue weighted by molar-refractivity contribution is 0.0913. The molecule has 21 heavy (non-hydrogen) atoms. The molecule has 0 aliphatic carbocycles. The van der Waals surface area contributed by atoms with Crippen molar-refractivity contribution in [2.75, 3.05) is 25.4 Å². The molecule has 1 heterocycles. The molecule has 0 bridgehead atoms. The Morgan fingerprint density at radius 3 is 2.95 bits per heavy atom. The van der Waals surface area contributed by atoms with Crippen LogP contribution in [0, 0.1) is 0 Å². The van der Waals surface area contributed by atoms with Gasteiger partial charge in [0, 0.05) is 18.3 Å². The third-order valence-corrected chi connectivity index (χ3v) is 4.25. The lowest BCUT2D eigenvalue weighted by atomic mass is 10.0. The van der Waals surface area contributed by atoms with Gasteiger partial charge in [-0.1, -0.05) is 31.9 Å². The first-order valence-electron chi connectivity index (χ1n) is 8.09. The lowest BCUT2D eigenvalue weighted by Gasteiger charge is -2.35. The molecule has 0 radical (unpaired) electrons. The van der Waals surface area contributed by atoms with E-state index in [0.29, 0.717) is 17.3 Å². The predicted molar refractivity (Wildman–Crippen MR) is 87.3 cm³/mol. The number of likely N-dealkylation sites (tertiary alicyclic amines) is 1. The van der Waals surface area contributed by atoms with Gasteiger partial charge in [0.2, 0.25) is 0 Å². The Morgan fingerprint density at radius 2 is 2.19 bits per heavy atom. The van der Waals surface area contributed by atoms with Gasteiger partial charge in [-0.3, -0.25) is 9.69 Å². The van der Waals surface area contributed by atoms with Crippen LogP contribution >= 0.6 is 0 Å². The van der Waals surface area contributed by atoms with Crippen LogP contribution in [0.15, 0.2) is 24.3 Å². The molecule has 1 fully saturated rings. The van der Waals surface area contributed by atoms with Crippen LogP contribution in [0.3, 0.4) is 0 Å². The molecule has 116 valence electrons. The highest BCUT2D eigenvalue weighted by atomic mass is 16.1. The van der Waals surface area contributed by atoms with Gasteiger partial charge in [0.05, 0.1) is 5.56 Å². The van der Waals surface area contributed by atoms with E-state index in [1.165, 1.54) is 32.1 Å². The second-order valence-electron chi connectivity index (χ2n) is 5.84. The fourth-order valence-corrected chi connectivity index (χ4v) is 2.96. The number of benzene rings is 1. The van der Waals surface area contributed by atoms with Crippen molar-refractivity contribution in [3.8, 4) is 0 Å². The molecular formula is C17H27N3O. The van der Waals surface area contributed by atoms with E-state index >= 15 is 0 Å². The van der Waals surface area contributed by atoms with E-state index < -0.39 is 0 Å². The monoisotopic (exact) mass is 289 g/mol. The van der Waals surface area contributed by atoms with Gasteiger partial charge in [0.15, 0.2) is 0 Å². The third-order valence-electron chi connectivity index (χ3n) is 4.25. The maximum Gasteiger partial charge on any atom is 0.253 e. The Bertz CT molecular complexity index is 461. The molecular weight excluding hydrogens is 262 g/mol. The molecule has 0 spiro atoms. The maximum absolute atomic E-state index is 12.2. The normalized spacial score (nSPS) is 19.4. The highest BCUT2D eigenvalue weighted by molar-refractivity contribution is 5.99. The Hall–Kier alpha value is -1.55. The van der Waals surface area contributed by atoms with Gasteiger partial charge in [-0.25, -0.2) is 0 Å². The number of carbonyl (C=O) groups is 1. The highest BCUT2D eigenvalue weighted by Gasteiger charge is 2.22. The molecule has 4 nitrogen and oxygen atoms in total. The number of nitrogens with one attached hydrogen (secondary N) is 1. The molecule has 1 aromatic rings.